The minimum Gasteiger partial charge on any atom is -0.392 e. The van der Waals surface area contributed by atoms with E-state index in [1.165, 1.54) is 0 Å². The molecular formula is C8H14O2. The van der Waals surface area contributed by atoms with E-state index in [2.05, 4.69) is 0 Å². The average Bonchev–Trinajstić information content (AvgIpc) is 2.15. The van der Waals surface area contributed by atoms with E-state index < -0.39 is 11.5 Å². The third-order valence-corrected chi connectivity index (χ3v) is 2.66. The van der Waals surface area contributed by atoms with Crippen molar-refractivity contribution in [3.8, 4) is 0 Å². The van der Waals surface area contributed by atoms with Crippen LogP contribution in [0.2, 0.25) is 0 Å². The predicted molar refractivity (Wildman–Crippen MR) is 38.6 cm³/mol. The number of hydrogen-bond donors (Lipinski definition) is 1. The van der Waals surface area contributed by atoms with Crippen LogP contribution in [0.5, 0.6) is 0 Å². The number of rotatable bonds is 1. The van der Waals surface area contributed by atoms with Gasteiger partial charge in [-0.2, -0.15) is 0 Å². The van der Waals surface area contributed by atoms with Gasteiger partial charge in [-0.3, -0.25) is 4.79 Å². The van der Waals surface area contributed by atoms with Crippen molar-refractivity contribution in [1.82, 2.24) is 0 Å². The number of hydrogen-bond acceptors (Lipinski definition) is 2. The Labute approximate surface area is 61.2 Å². The van der Waals surface area contributed by atoms with Crippen LogP contribution in [0.3, 0.4) is 0 Å². The van der Waals surface area contributed by atoms with E-state index >= 15 is 0 Å². The highest BCUT2D eigenvalue weighted by atomic mass is 16.3. The summed E-state index contributed by atoms with van der Waals surface area (Å²) in [4.78, 5) is 11.2. The maximum Gasteiger partial charge on any atom is 0.141 e. The first kappa shape index (κ1) is 7.73. The van der Waals surface area contributed by atoms with Crippen molar-refractivity contribution in [3.63, 3.8) is 0 Å². The number of aliphatic hydroxyl groups excluding tert-OH is 1. The molecule has 1 saturated carbocycles. The van der Waals surface area contributed by atoms with E-state index in [0.29, 0.717) is 6.42 Å². The van der Waals surface area contributed by atoms with Crippen molar-refractivity contribution in [3.05, 3.63) is 0 Å². The zero-order valence-corrected chi connectivity index (χ0v) is 6.55. The smallest absolute Gasteiger partial charge is 0.141 e. The molecule has 2 unspecified atom stereocenters. The quantitative estimate of drug-likeness (QED) is 0.595. The van der Waals surface area contributed by atoms with Crippen LogP contribution in [0.1, 0.15) is 33.1 Å². The topological polar surface area (TPSA) is 37.3 Å². The standard InChI is InChI=1S/C8H14O2/c1-6(9)8(2)5-3-4-7(8)10/h6,9H,3-5H2,1-2H3. The molecule has 0 saturated heterocycles. The Balaban J connectivity index is 2.75. The molecule has 0 aromatic heterocycles. The number of carbonyl (C=O) groups excluding carboxylic acids is 1. The van der Waals surface area contributed by atoms with Gasteiger partial charge < -0.3 is 5.11 Å². The minimum absolute atomic E-state index is 0.225. The molecule has 0 aromatic rings. The molecule has 10 heavy (non-hydrogen) atoms. The van der Waals surface area contributed by atoms with Gasteiger partial charge in [0, 0.05) is 6.42 Å². The summed E-state index contributed by atoms with van der Waals surface area (Å²) in [7, 11) is 0. The molecular weight excluding hydrogens is 128 g/mol. The molecule has 58 valence electrons. The second-order valence-corrected chi connectivity index (χ2v) is 3.37. The zero-order valence-electron chi connectivity index (χ0n) is 6.55. The highest BCUT2D eigenvalue weighted by Gasteiger charge is 2.41. The van der Waals surface area contributed by atoms with Gasteiger partial charge in [0.1, 0.15) is 5.78 Å². The third-order valence-electron chi connectivity index (χ3n) is 2.66. The normalized spacial score (nSPS) is 36.5. The number of aliphatic hydroxyl groups is 1. The van der Waals surface area contributed by atoms with Gasteiger partial charge in [-0.05, 0) is 19.8 Å². The van der Waals surface area contributed by atoms with Crippen LogP contribution in [-0.2, 0) is 4.79 Å². The molecule has 0 aliphatic heterocycles. The second-order valence-electron chi connectivity index (χ2n) is 3.37. The van der Waals surface area contributed by atoms with Gasteiger partial charge in [0.25, 0.3) is 0 Å². The fourth-order valence-electron chi connectivity index (χ4n) is 1.48. The van der Waals surface area contributed by atoms with Gasteiger partial charge in [0.2, 0.25) is 0 Å². The second kappa shape index (κ2) is 2.35. The summed E-state index contributed by atoms with van der Waals surface area (Å²) in [5, 5.41) is 9.26. The number of ketones is 1. The molecule has 0 heterocycles. The zero-order chi connectivity index (χ0) is 7.78. The maximum absolute atomic E-state index is 11.2. The first-order valence-electron chi connectivity index (χ1n) is 3.79. The Bertz CT molecular complexity index is 151. The van der Waals surface area contributed by atoms with Crippen molar-refractivity contribution >= 4 is 5.78 Å². The van der Waals surface area contributed by atoms with E-state index in [0.717, 1.165) is 12.8 Å². The molecule has 0 amide bonds. The fourth-order valence-corrected chi connectivity index (χ4v) is 1.48. The third kappa shape index (κ3) is 0.966. The molecule has 1 aliphatic rings. The predicted octanol–water partition coefficient (Wildman–Crippen LogP) is 1.13. The average molecular weight is 142 g/mol. The van der Waals surface area contributed by atoms with Crippen LogP contribution in [0, 0.1) is 5.41 Å². The van der Waals surface area contributed by atoms with Crippen LogP contribution >= 0.6 is 0 Å². The first-order valence-corrected chi connectivity index (χ1v) is 3.79. The van der Waals surface area contributed by atoms with Gasteiger partial charge in [-0.25, -0.2) is 0 Å². The lowest BCUT2D eigenvalue weighted by atomic mass is 9.83. The molecule has 2 nitrogen and oxygen atoms in total. The van der Waals surface area contributed by atoms with Gasteiger partial charge in [0.05, 0.1) is 11.5 Å². The lowest BCUT2D eigenvalue weighted by molar-refractivity contribution is -0.129. The highest BCUT2D eigenvalue weighted by molar-refractivity contribution is 5.86. The molecule has 1 rings (SSSR count). The van der Waals surface area contributed by atoms with Crippen LogP contribution in [0.15, 0.2) is 0 Å². The van der Waals surface area contributed by atoms with Gasteiger partial charge >= 0.3 is 0 Å². The van der Waals surface area contributed by atoms with Crippen LogP contribution in [0.4, 0.5) is 0 Å². The number of Topliss-reactive ketones (excluding diaryl/α,β-unsaturated/α-hetero) is 1. The molecule has 2 heteroatoms. The van der Waals surface area contributed by atoms with Crippen LogP contribution in [0.25, 0.3) is 0 Å². The molecule has 0 aromatic carbocycles. The van der Waals surface area contributed by atoms with Gasteiger partial charge in [-0.1, -0.05) is 6.92 Å². The largest absolute Gasteiger partial charge is 0.392 e. The first-order chi connectivity index (χ1) is 4.57. The lowest BCUT2D eigenvalue weighted by Gasteiger charge is -2.24. The summed E-state index contributed by atoms with van der Waals surface area (Å²) in [6.07, 6.45) is 1.97. The van der Waals surface area contributed by atoms with Crippen molar-refractivity contribution in [2.45, 2.75) is 39.2 Å². The van der Waals surface area contributed by atoms with E-state index in [-0.39, 0.29) is 5.78 Å². The lowest BCUT2D eigenvalue weighted by Crippen LogP contribution is -2.33. The summed E-state index contributed by atoms with van der Waals surface area (Å²) in [5.41, 5.74) is -0.431. The monoisotopic (exact) mass is 142 g/mol. The minimum atomic E-state index is -0.484. The summed E-state index contributed by atoms with van der Waals surface area (Å²) in [5.74, 6) is 0.225. The molecule has 1 N–H and O–H groups in total. The van der Waals surface area contributed by atoms with Crippen molar-refractivity contribution in [2.24, 2.45) is 5.41 Å². The summed E-state index contributed by atoms with van der Waals surface area (Å²) >= 11 is 0. The van der Waals surface area contributed by atoms with E-state index in [1.807, 2.05) is 6.92 Å². The Morgan fingerprint density at radius 2 is 2.30 bits per heavy atom. The van der Waals surface area contributed by atoms with E-state index in [9.17, 15) is 9.90 Å². The maximum atomic E-state index is 11.2. The Morgan fingerprint density at radius 3 is 2.50 bits per heavy atom. The Hall–Kier alpha value is -0.370. The summed E-state index contributed by atoms with van der Waals surface area (Å²) in [6.45, 7) is 3.55. The highest BCUT2D eigenvalue weighted by Crippen LogP contribution is 2.37. The van der Waals surface area contributed by atoms with Crippen LogP contribution in [-0.4, -0.2) is 17.0 Å². The molecule has 0 radical (unpaired) electrons. The van der Waals surface area contributed by atoms with E-state index in [4.69, 9.17) is 0 Å². The summed E-state index contributed by atoms with van der Waals surface area (Å²) < 4.78 is 0. The molecule has 0 bridgehead atoms. The van der Waals surface area contributed by atoms with E-state index in [1.54, 1.807) is 6.92 Å². The van der Waals surface area contributed by atoms with Crippen LogP contribution < -0.4 is 0 Å². The van der Waals surface area contributed by atoms with Crippen molar-refractivity contribution in [2.75, 3.05) is 0 Å². The SMILES string of the molecule is CC(O)C1(C)CCCC1=O. The Kier molecular flexibility index (Phi) is 1.82. The van der Waals surface area contributed by atoms with Gasteiger partial charge in [-0.15, -0.1) is 0 Å². The van der Waals surface area contributed by atoms with Gasteiger partial charge in [0.15, 0.2) is 0 Å². The Morgan fingerprint density at radius 1 is 1.70 bits per heavy atom. The number of carbonyl (C=O) groups is 1. The molecule has 0 spiro atoms. The molecule has 1 fully saturated rings. The van der Waals surface area contributed by atoms with Crippen molar-refractivity contribution < 1.29 is 9.90 Å². The summed E-state index contributed by atoms with van der Waals surface area (Å²) in [6, 6.07) is 0. The fraction of sp³-hybridized carbons (Fsp3) is 0.875. The van der Waals surface area contributed by atoms with Crippen molar-refractivity contribution in [1.29, 1.82) is 0 Å². The molecule has 1 aliphatic carbocycles. The molecule has 2 atom stereocenters.